The Hall–Kier alpha value is -2.27. The maximum Gasteiger partial charge on any atom is 0.256 e. The molecule has 116 valence electrons. The Kier molecular flexibility index (Phi) is 3.58. The SMILES string of the molecule is Cc1nc2cc(-c3ncccc3C(=O)N3CCCC3)ccc2s1. The van der Waals surface area contributed by atoms with Crippen molar-refractivity contribution >= 4 is 27.5 Å². The number of hydrogen-bond donors (Lipinski definition) is 0. The molecule has 1 aliphatic heterocycles. The van der Waals surface area contributed by atoms with Crippen LogP contribution in [0.2, 0.25) is 0 Å². The van der Waals surface area contributed by atoms with Crippen molar-refractivity contribution in [3.63, 3.8) is 0 Å². The minimum absolute atomic E-state index is 0.0835. The number of fused-ring (bicyclic) bond motifs is 1. The summed E-state index contributed by atoms with van der Waals surface area (Å²) < 4.78 is 1.16. The lowest BCUT2D eigenvalue weighted by atomic mass is 10.0. The zero-order valence-electron chi connectivity index (χ0n) is 13.0. The first-order chi connectivity index (χ1) is 11.2. The van der Waals surface area contributed by atoms with Crippen molar-refractivity contribution in [3.05, 3.63) is 47.1 Å². The predicted molar refractivity (Wildman–Crippen MR) is 92.7 cm³/mol. The molecule has 1 saturated heterocycles. The molecule has 23 heavy (non-hydrogen) atoms. The number of aromatic nitrogens is 2. The molecule has 0 spiro atoms. The van der Waals surface area contributed by atoms with Crippen LogP contribution in [0.4, 0.5) is 0 Å². The third-order valence-corrected chi connectivity index (χ3v) is 5.15. The van der Waals surface area contributed by atoms with Crippen molar-refractivity contribution in [2.24, 2.45) is 0 Å². The third-order valence-electron chi connectivity index (χ3n) is 4.20. The second kappa shape index (κ2) is 5.74. The second-order valence-electron chi connectivity index (χ2n) is 5.81. The largest absolute Gasteiger partial charge is 0.339 e. The number of benzene rings is 1. The van der Waals surface area contributed by atoms with Gasteiger partial charge in [0.1, 0.15) is 0 Å². The van der Waals surface area contributed by atoms with Crippen molar-refractivity contribution in [1.82, 2.24) is 14.9 Å². The summed E-state index contributed by atoms with van der Waals surface area (Å²) in [4.78, 5) is 23.7. The van der Waals surface area contributed by atoms with Crippen LogP contribution in [-0.2, 0) is 0 Å². The molecule has 3 aromatic rings. The van der Waals surface area contributed by atoms with E-state index in [4.69, 9.17) is 0 Å². The molecule has 0 atom stereocenters. The molecular weight excluding hydrogens is 306 g/mol. The van der Waals surface area contributed by atoms with E-state index in [0.717, 1.165) is 52.4 Å². The van der Waals surface area contributed by atoms with Gasteiger partial charge in [-0.25, -0.2) is 4.98 Å². The van der Waals surface area contributed by atoms with Crippen LogP contribution in [0.5, 0.6) is 0 Å². The van der Waals surface area contributed by atoms with Crippen LogP contribution >= 0.6 is 11.3 Å². The Morgan fingerprint density at radius 2 is 2.04 bits per heavy atom. The third kappa shape index (κ3) is 2.61. The normalized spacial score (nSPS) is 14.6. The molecule has 3 heterocycles. The first-order valence-electron chi connectivity index (χ1n) is 7.84. The topological polar surface area (TPSA) is 46.1 Å². The van der Waals surface area contributed by atoms with Gasteiger partial charge in [-0.15, -0.1) is 11.3 Å². The van der Waals surface area contributed by atoms with Crippen LogP contribution in [0.3, 0.4) is 0 Å². The van der Waals surface area contributed by atoms with Crippen molar-refractivity contribution in [2.75, 3.05) is 13.1 Å². The van der Waals surface area contributed by atoms with Crippen molar-refractivity contribution in [1.29, 1.82) is 0 Å². The van der Waals surface area contributed by atoms with E-state index in [2.05, 4.69) is 16.0 Å². The Morgan fingerprint density at radius 1 is 1.22 bits per heavy atom. The summed E-state index contributed by atoms with van der Waals surface area (Å²) in [5, 5.41) is 1.05. The summed E-state index contributed by atoms with van der Waals surface area (Å²) in [7, 11) is 0. The number of amides is 1. The van der Waals surface area contributed by atoms with Crippen LogP contribution in [-0.4, -0.2) is 33.9 Å². The maximum atomic E-state index is 12.8. The summed E-state index contributed by atoms with van der Waals surface area (Å²) in [6.45, 7) is 3.70. The lowest BCUT2D eigenvalue weighted by Gasteiger charge is -2.17. The Morgan fingerprint density at radius 3 is 2.87 bits per heavy atom. The Bertz CT molecular complexity index is 881. The highest BCUT2D eigenvalue weighted by Crippen LogP contribution is 2.29. The molecule has 4 rings (SSSR count). The van der Waals surface area contributed by atoms with E-state index in [1.807, 2.05) is 36.1 Å². The summed E-state index contributed by atoms with van der Waals surface area (Å²) in [6, 6.07) is 9.83. The number of carbonyl (C=O) groups excluding carboxylic acids is 1. The number of thiazole rings is 1. The van der Waals surface area contributed by atoms with Gasteiger partial charge in [-0.1, -0.05) is 6.07 Å². The van der Waals surface area contributed by atoms with E-state index in [9.17, 15) is 4.79 Å². The molecule has 5 heteroatoms. The van der Waals surface area contributed by atoms with Gasteiger partial charge in [0.05, 0.1) is 26.5 Å². The molecule has 0 radical (unpaired) electrons. The highest BCUT2D eigenvalue weighted by molar-refractivity contribution is 7.18. The average molecular weight is 323 g/mol. The zero-order chi connectivity index (χ0) is 15.8. The van der Waals surface area contributed by atoms with Gasteiger partial charge in [0.25, 0.3) is 5.91 Å². The van der Waals surface area contributed by atoms with E-state index in [-0.39, 0.29) is 5.91 Å². The monoisotopic (exact) mass is 323 g/mol. The molecule has 0 aliphatic carbocycles. The number of nitrogens with zero attached hydrogens (tertiary/aromatic N) is 3. The van der Waals surface area contributed by atoms with Crippen LogP contribution in [0.1, 0.15) is 28.2 Å². The molecule has 4 nitrogen and oxygen atoms in total. The van der Waals surface area contributed by atoms with Crippen LogP contribution < -0.4 is 0 Å². The van der Waals surface area contributed by atoms with Gasteiger partial charge in [-0.3, -0.25) is 9.78 Å². The fourth-order valence-corrected chi connectivity index (χ4v) is 3.90. The molecule has 1 amide bonds. The summed E-state index contributed by atoms with van der Waals surface area (Å²) >= 11 is 1.68. The molecule has 0 N–H and O–H groups in total. The highest BCUT2D eigenvalue weighted by atomic mass is 32.1. The van der Waals surface area contributed by atoms with Gasteiger partial charge in [-0.05, 0) is 44.0 Å². The Labute approximate surface area is 138 Å². The highest BCUT2D eigenvalue weighted by Gasteiger charge is 2.22. The molecule has 1 aromatic carbocycles. The maximum absolute atomic E-state index is 12.8. The van der Waals surface area contributed by atoms with E-state index < -0.39 is 0 Å². The molecule has 1 fully saturated rings. The molecule has 0 unspecified atom stereocenters. The summed E-state index contributed by atoms with van der Waals surface area (Å²) in [5.74, 6) is 0.0835. The number of hydrogen-bond acceptors (Lipinski definition) is 4. The molecule has 0 saturated carbocycles. The fourth-order valence-electron chi connectivity index (χ4n) is 3.09. The van der Waals surface area contributed by atoms with Crippen molar-refractivity contribution < 1.29 is 4.79 Å². The lowest BCUT2D eigenvalue weighted by molar-refractivity contribution is 0.0793. The minimum atomic E-state index is 0.0835. The smallest absolute Gasteiger partial charge is 0.256 e. The fraction of sp³-hybridized carbons (Fsp3) is 0.278. The molecule has 1 aliphatic rings. The number of aryl methyl sites for hydroxylation is 1. The first kappa shape index (κ1) is 14.3. The molecular formula is C18H17N3OS. The number of pyridine rings is 1. The Balaban J connectivity index is 1.79. The number of rotatable bonds is 2. The second-order valence-corrected chi connectivity index (χ2v) is 7.05. The van der Waals surface area contributed by atoms with Crippen molar-refractivity contribution in [3.8, 4) is 11.3 Å². The quantitative estimate of drug-likeness (QED) is 0.718. The van der Waals surface area contributed by atoms with Crippen LogP contribution in [0.15, 0.2) is 36.5 Å². The van der Waals surface area contributed by atoms with Crippen LogP contribution in [0.25, 0.3) is 21.5 Å². The standard InChI is InChI=1S/C18H17N3OS/c1-12-20-15-11-13(6-7-16(15)23-12)17-14(5-4-8-19-17)18(22)21-9-2-3-10-21/h4-8,11H,2-3,9-10H2,1H3. The van der Waals surface area contributed by atoms with Crippen molar-refractivity contribution in [2.45, 2.75) is 19.8 Å². The first-order valence-corrected chi connectivity index (χ1v) is 8.66. The summed E-state index contributed by atoms with van der Waals surface area (Å²) in [5.41, 5.74) is 3.35. The van der Waals surface area contributed by atoms with E-state index in [1.54, 1.807) is 17.5 Å². The van der Waals surface area contributed by atoms with E-state index in [0.29, 0.717) is 5.56 Å². The van der Waals surface area contributed by atoms with E-state index >= 15 is 0 Å². The molecule has 2 aromatic heterocycles. The lowest BCUT2D eigenvalue weighted by Crippen LogP contribution is -2.28. The van der Waals surface area contributed by atoms with Gasteiger partial charge >= 0.3 is 0 Å². The summed E-state index contributed by atoms with van der Waals surface area (Å²) in [6.07, 6.45) is 3.92. The van der Waals surface area contributed by atoms with Gasteiger partial charge in [0.15, 0.2) is 0 Å². The predicted octanol–water partition coefficient (Wildman–Crippen LogP) is 3.90. The van der Waals surface area contributed by atoms with Crippen LogP contribution in [0, 0.1) is 6.92 Å². The number of likely N-dealkylation sites (tertiary alicyclic amines) is 1. The zero-order valence-corrected chi connectivity index (χ0v) is 13.8. The van der Waals surface area contributed by atoms with Gasteiger partial charge in [-0.2, -0.15) is 0 Å². The average Bonchev–Trinajstić information content (AvgIpc) is 3.22. The minimum Gasteiger partial charge on any atom is -0.339 e. The van der Waals surface area contributed by atoms with Gasteiger partial charge in [0.2, 0.25) is 0 Å². The van der Waals surface area contributed by atoms with Gasteiger partial charge < -0.3 is 4.90 Å². The number of carbonyl (C=O) groups is 1. The molecule has 0 bridgehead atoms. The van der Waals surface area contributed by atoms with Gasteiger partial charge in [0, 0.05) is 24.8 Å². The van der Waals surface area contributed by atoms with E-state index in [1.165, 1.54) is 0 Å².